The van der Waals surface area contributed by atoms with Crippen LogP contribution >= 0.6 is 0 Å². The molecule has 1 aromatic carbocycles. The SMILES string of the molecule is COCc1c(C(=O)Nc2cc(C)[nH]n2)oc2ccccc12. The first-order chi connectivity index (χ1) is 10.2. The number of furan rings is 1. The Bertz CT molecular complexity index is 788. The van der Waals surface area contributed by atoms with E-state index in [2.05, 4.69) is 15.5 Å². The van der Waals surface area contributed by atoms with Crippen LogP contribution in [-0.4, -0.2) is 23.2 Å². The molecule has 0 bridgehead atoms. The molecule has 2 N–H and O–H groups in total. The van der Waals surface area contributed by atoms with Gasteiger partial charge in [0.1, 0.15) is 5.58 Å². The number of rotatable bonds is 4. The van der Waals surface area contributed by atoms with Gasteiger partial charge in [-0.25, -0.2) is 0 Å². The van der Waals surface area contributed by atoms with Crippen LogP contribution < -0.4 is 5.32 Å². The zero-order chi connectivity index (χ0) is 14.8. The summed E-state index contributed by atoms with van der Waals surface area (Å²) in [5, 5.41) is 10.3. The summed E-state index contributed by atoms with van der Waals surface area (Å²) in [6.07, 6.45) is 0. The number of aryl methyl sites for hydroxylation is 1. The highest BCUT2D eigenvalue weighted by atomic mass is 16.5. The number of benzene rings is 1. The maximum atomic E-state index is 12.4. The average Bonchev–Trinajstić information content (AvgIpc) is 3.04. The van der Waals surface area contributed by atoms with Crippen molar-refractivity contribution >= 4 is 22.7 Å². The number of nitrogens with one attached hydrogen (secondary N) is 2. The molecule has 0 radical (unpaired) electrons. The molecule has 0 aliphatic rings. The predicted octanol–water partition coefficient (Wildman–Crippen LogP) is 2.86. The van der Waals surface area contributed by atoms with Gasteiger partial charge in [0, 0.05) is 29.8 Å². The number of anilines is 1. The maximum Gasteiger partial charge on any atom is 0.292 e. The standard InChI is InChI=1S/C15H15N3O3/c1-9-7-13(18-17-9)16-15(19)14-11(8-20-2)10-5-3-4-6-12(10)21-14/h3-7H,8H2,1-2H3,(H2,16,17,18,19). The van der Waals surface area contributed by atoms with Gasteiger partial charge in [-0.2, -0.15) is 5.10 Å². The fourth-order valence-corrected chi connectivity index (χ4v) is 2.22. The Morgan fingerprint density at radius 2 is 2.24 bits per heavy atom. The second-order valence-corrected chi connectivity index (χ2v) is 4.73. The van der Waals surface area contributed by atoms with E-state index in [-0.39, 0.29) is 11.7 Å². The highest BCUT2D eigenvalue weighted by Crippen LogP contribution is 2.27. The molecule has 6 nitrogen and oxygen atoms in total. The van der Waals surface area contributed by atoms with E-state index in [4.69, 9.17) is 9.15 Å². The molecule has 0 atom stereocenters. The van der Waals surface area contributed by atoms with E-state index in [1.54, 1.807) is 13.2 Å². The molecule has 0 aliphatic heterocycles. The van der Waals surface area contributed by atoms with E-state index in [1.807, 2.05) is 31.2 Å². The summed E-state index contributed by atoms with van der Waals surface area (Å²) in [5.41, 5.74) is 2.26. The molecule has 1 amide bonds. The van der Waals surface area contributed by atoms with Crippen molar-refractivity contribution < 1.29 is 13.9 Å². The lowest BCUT2D eigenvalue weighted by atomic mass is 10.1. The highest BCUT2D eigenvalue weighted by Gasteiger charge is 2.20. The normalized spacial score (nSPS) is 11.0. The third-order valence-electron chi connectivity index (χ3n) is 3.14. The molecular formula is C15H15N3O3. The average molecular weight is 285 g/mol. The number of aromatic amines is 1. The number of hydrogen-bond donors (Lipinski definition) is 2. The highest BCUT2D eigenvalue weighted by molar-refractivity contribution is 6.06. The summed E-state index contributed by atoms with van der Waals surface area (Å²) < 4.78 is 10.8. The van der Waals surface area contributed by atoms with Gasteiger partial charge in [-0.1, -0.05) is 18.2 Å². The molecule has 0 saturated heterocycles. The molecule has 108 valence electrons. The minimum atomic E-state index is -0.343. The predicted molar refractivity (Wildman–Crippen MR) is 78.2 cm³/mol. The number of para-hydroxylation sites is 1. The van der Waals surface area contributed by atoms with Crippen molar-refractivity contribution in [1.82, 2.24) is 10.2 Å². The number of methoxy groups -OCH3 is 1. The van der Waals surface area contributed by atoms with Crippen molar-refractivity contribution in [2.75, 3.05) is 12.4 Å². The zero-order valence-corrected chi connectivity index (χ0v) is 11.8. The largest absolute Gasteiger partial charge is 0.451 e. The van der Waals surface area contributed by atoms with Crippen LogP contribution in [0.15, 0.2) is 34.7 Å². The van der Waals surface area contributed by atoms with E-state index in [1.165, 1.54) is 0 Å². The van der Waals surface area contributed by atoms with Crippen molar-refractivity contribution in [3.63, 3.8) is 0 Å². The number of carbonyl (C=O) groups is 1. The Morgan fingerprint density at radius 3 is 2.95 bits per heavy atom. The fraction of sp³-hybridized carbons (Fsp3) is 0.200. The smallest absolute Gasteiger partial charge is 0.292 e. The van der Waals surface area contributed by atoms with Gasteiger partial charge in [0.15, 0.2) is 11.6 Å². The number of aromatic nitrogens is 2. The van der Waals surface area contributed by atoms with Crippen LogP contribution in [0.25, 0.3) is 11.0 Å². The van der Waals surface area contributed by atoms with E-state index in [0.717, 1.165) is 16.6 Å². The minimum absolute atomic E-state index is 0.249. The van der Waals surface area contributed by atoms with Gasteiger partial charge in [-0.15, -0.1) is 0 Å². The van der Waals surface area contributed by atoms with E-state index >= 15 is 0 Å². The molecule has 6 heteroatoms. The van der Waals surface area contributed by atoms with E-state index < -0.39 is 0 Å². The van der Waals surface area contributed by atoms with Gasteiger partial charge in [0.05, 0.1) is 6.61 Å². The van der Waals surface area contributed by atoms with Crippen molar-refractivity contribution in [3.05, 3.63) is 47.3 Å². The van der Waals surface area contributed by atoms with Crippen molar-refractivity contribution in [1.29, 1.82) is 0 Å². The third-order valence-corrected chi connectivity index (χ3v) is 3.14. The number of carbonyl (C=O) groups excluding carboxylic acids is 1. The van der Waals surface area contributed by atoms with Gasteiger partial charge < -0.3 is 14.5 Å². The maximum absolute atomic E-state index is 12.4. The molecule has 3 aromatic rings. The summed E-state index contributed by atoms with van der Waals surface area (Å²) in [7, 11) is 1.58. The quantitative estimate of drug-likeness (QED) is 0.772. The van der Waals surface area contributed by atoms with Crippen molar-refractivity contribution in [2.24, 2.45) is 0 Å². The van der Waals surface area contributed by atoms with Gasteiger partial charge in [0.2, 0.25) is 0 Å². The van der Waals surface area contributed by atoms with Crippen LogP contribution in [0, 0.1) is 6.92 Å². The third kappa shape index (κ3) is 2.53. The number of fused-ring (bicyclic) bond motifs is 1. The summed E-state index contributed by atoms with van der Waals surface area (Å²) in [4.78, 5) is 12.4. The summed E-state index contributed by atoms with van der Waals surface area (Å²) in [5.74, 6) is 0.366. The molecule has 21 heavy (non-hydrogen) atoms. The monoisotopic (exact) mass is 285 g/mol. The molecule has 0 unspecified atom stereocenters. The van der Waals surface area contributed by atoms with Crippen molar-refractivity contribution in [3.8, 4) is 0 Å². The van der Waals surface area contributed by atoms with Crippen LogP contribution in [0.1, 0.15) is 21.8 Å². The molecule has 3 rings (SSSR count). The molecule has 0 spiro atoms. The van der Waals surface area contributed by atoms with Crippen LogP contribution in [0.4, 0.5) is 5.82 Å². The molecule has 2 aromatic heterocycles. The Labute approximate surface area is 121 Å². The number of hydrogen-bond acceptors (Lipinski definition) is 4. The van der Waals surface area contributed by atoms with Gasteiger partial charge >= 0.3 is 0 Å². The van der Waals surface area contributed by atoms with Crippen LogP contribution in [0.5, 0.6) is 0 Å². The molecule has 0 aliphatic carbocycles. The van der Waals surface area contributed by atoms with E-state index in [0.29, 0.717) is 18.0 Å². The second-order valence-electron chi connectivity index (χ2n) is 4.73. The fourth-order valence-electron chi connectivity index (χ4n) is 2.22. The number of nitrogens with zero attached hydrogens (tertiary/aromatic N) is 1. The van der Waals surface area contributed by atoms with Crippen LogP contribution in [0.3, 0.4) is 0 Å². The Kier molecular flexibility index (Phi) is 3.45. The lowest BCUT2D eigenvalue weighted by Crippen LogP contribution is -2.13. The minimum Gasteiger partial charge on any atom is -0.451 e. The molecule has 0 saturated carbocycles. The second kappa shape index (κ2) is 5.41. The molecule has 0 fully saturated rings. The van der Waals surface area contributed by atoms with E-state index in [9.17, 15) is 4.79 Å². The lowest BCUT2D eigenvalue weighted by molar-refractivity contribution is 0.0991. The summed E-state index contributed by atoms with van der Waals surface area (Å²) >= 11 is 0. The number of ether oxygens (including phenoxy) is 1. The van der Waals surface area contributed by atoms with Crippen LogP contribution in [-0.2, 0) is 11.3 Å². The molecular weight excluding hydrogens is 270 g/mol. The zero-order valence-electron chi connectivity index (χ0n) is 11.8. The van der Waals surface area contributed by atoms with Crippen LogP contribution in [0.2, 0.25) is 0 Å². The lowest BCUT2D eigenvalue weighted by Gasteiger charge is -2.02. The van der Waals surface area contributed by atoms with Gasteiger partial charge in [-0.3, -0.25) is 9.89 Å². The Balaban J connectivity index is 1.98. The summed E-state index contributed by atoms with van der Waals surface area (Å²) in [6.45, 7) is 2.17. The number of amides is 1. The topological polar surface area (TPSA) is 80.1 Å². The Hall–Kier alpha value is -2.60. The van der Waals surface area contributed by atoms with Gasteiger partial charge in [0.25, 0.3) is 5.91 Å². The Morgan fingerprint density at radius 1 is 1.43 bits per heavy atom. The van der Waals surface area contributed by atoms with Gasteiger partial charge in [-0.05, 0) is 13.0 Å². The molecule has 2 heterocycles. The summed E-state index contributed by atoms with van der Waals surface area (Å²) in [6, 6.07) is 9.24. The first-order valence-electron chi connectivity index (χ1n) is 6.51. The first kappa shape index (κ1) is 13.4. The number of H-pyrrole nitrogens is 1. The van der Waals surface area contributed by atoms with Crippen molar-refractivity contribution in [2.45, 2.75) is 13.5 Å². The first-order valence-corrected chi connectivity index (χ1v) is 6.51.